The molecule has 0 atom stereocenters. The second-order valence-corrected chi connectivity index (χ2v) is 5.07. The van der Waals surface area contributed by atoms with Crippen LogP contribution >= 0.6 is 0 Å². The number of pyridine rings is 1. The molecule has 0 aromatic carbocycles. The number of carbonyl (C=O) groups is 2. The first-order valence-corrected chi connectivity index (χ1v) is 7.12. The van der Waals surface area contributed by atoms with Gasteiger partial charge in [0.25, 0.3) is 5.91 Å². The van der Waals surface area contributed by atoms with Gasteiger partial charge in [0.2, 0.25) is 0 Å². The fourth-order valence-corrected chi connectivity index (χ4v) is 2.39. The molecule has 1 heterocycles. The number of aromatic nitrogens is 1. The van der Waals surface area contributed by atoms with Gasteiger partial charge in [0.05, 0.1) is 5.56 Å². The predicted octanol–water partition coefficient (Wildman–Crippen LogP) is 2.08. The van der Waals surface area contributed by atoms with Crippen molar-refractivity contribution >= 4 is 11.9 Å². The first-order chi connectivity index (χ1) is 9.75. The van der Waals surface area contributed by atoms with Crippen LogP contribution in [0.4, 0.5) is 0 Å². The number of nitrogens with one attached hydrogen (secondary N) is 1. The molecule has 1 aliphatic rings. The minimum Gasteiger partial charge on any atom is -0.452 e. The maximum Gasteiger partial charge on any atom is 0.340 e. The van der Waals surface area contributed by atoms with E-state index in [1.165, 1.54) is 19.0 Å². The van der Waals surface area contributed by atoms with Crippen molar-refractivity contribution in [3.63, 3.8) is 0 Å². The lowest BCUT2D eigenvalue weighted by Gasteiger charge is -2.16. The van der Waals surface area contributed by atoms with Crippen molar-refractivity contribution < 1.29 is 14.3 Å². The van der Waals surface area contributed by atoms with E-state index < -0.39 is 5.97 Å². The molecular weight excluding hydrogens is 256 g/mol. The molecule has 108 valence electrons. The highest BCUT2D eigenvalue weighted by molar-refractivity contribution is 5.90. The Kier molecular flexibility index (Phi) is 5.53. The zero-order valence-electron chi connectivity index (χ0n) is 11.5. The van der Waals surface area contributed by atoms with Gasteiger partial charge in [-0.1, -0.05) is 25.7 Å². The Morgan fingerprint density at radius 1 is 1.25 bits per heavy atom. The van der Waals surface area contributed by atoms with Gasteiger partial charge in [-0.05, 0) is 25.0 Å². The van der Waals surface area contributed by atoms with Gasteiger partial charge in [0.15, 0.2) is 6.61 Å². The SMILES string of the molecule is O=C(COC(=O)c1cccnc1)NC1CCCCCC1. The third-order valence-corrected chi connectivity index (χ3v) is 3.45. The quantitative estimate of drug-likeness (QED) is 0.675. The van der Waals surface area contributed by atoms with Gasteiger partial charge in [0.1, 0.15) is 0 Å². The number of amides is 1. The van der Waals surface area contributed by atoms with Crippen LogP contribution in [0.1, 0.15) is 48.9 Å². The molecule has 0 bridgehead atoms. The van der Waals surface area contributed by atoms with Gasteiger partial charge in [0, 0.05) is 18.4 Å². The van der Waals surface area contributed by atoms with Crippen molar-refractivity contribution in [2.24, 2.45) is 0 Å². The molecule has 1 aromatic rings. The summed E-state index contributed by atoms with van der Waals surface area (Å²) in [6, 6.07) is 3.49. The number of carbonyl (C=O) groups excluding carboxylic acids is 2. The van der Waals surface area contributed by atoms with Gasteiger partial charge >= 0.3 is 5.97 Å². The molecule has 0 unspecified atom stereocenters. The van der Waals surface area contributed by atoms with E-state index in [9.17, 15) is 9.59 Å². The van der Waals surface area contributed by atoms with Crippen molar-refractivity contribution in [2.75, 3.05) is 6.61 Å². The van der Waals surface area contributed by atoms with Crippen LogP contribution in [0.2, 0.25) is 0 Å². The van der Waals surface area contributed by atoms with Crippen molar-refractivity contribution in [1.29, 1.82) is 0 Å². The molecule has 0 spiro atoms. The van der Waals surface area contributed by atoms with Crippen LogP contribution in [-0.4, -0.2) is 29.5 Å². The summed E-state index contributed by atoms with van der Waals surface area (Å²) in [5.41, 5.74) is 0.356. The Bertz CT molecular complexity index is 440. The summed E-state index contributed by atoms with van der Waals surface area (Å²) in [5, 5.41) is 2.93. The Morgan fingerprint density at radius 2 is 2.00 bits per heavy atom. The van der Waals surface area contributed by atoms with Gasteiger partial charge in [-0.25, -0.2) is 4.79 Å². The van der Waals surface area contributed by atoms with E-state index in [-0.39, 0.29) is 18.6 Å². The minimum absolute atomic E-state index is 0.224. The van der Waals surface area contributed by atoms with Crippen molar-refractivity contribution in [2.45, 2.75) is 44.6 Å². The van der Waals surface area contributed by atoms with E-state index >= 15 is 0 Å². The molecule has 5 nitrogen and oxygen atoms in total. The molecule has 1 saturated carbocycles. The third kappa shape index (κ3) is 4.64. The Morgan fingerprint density at radius 3 is 2.65 bits per heavy atom. The van der Waals surface area contributed by atoms with E-state index in [2.05, 4.69) is 10.3 Å². The van der Waals surface area contributed by atoms with Gasteiger partial charge in [-0.2, -0.15) is 0 Å². The molecule has 2 rings (SSSR count). The van der Waals surface area contributed by atoms with E-state index in [1.807, 2.05) is 0 Å². The molecule has 20 heavy (non-hydrogen) atoms. The standard InChI is InChI=1S/C15H20N2O3/c18-14(17-13-7-3-1-2-4-8-13)11-20-15(19)12-6-5-9-16-10-12/h5-6,9-10,13H,1-4,7-8,11H2,(H,17,18). The first-order valence-electron chi connectivity index (χ1n) is 7.12. The summed E-state index contributed by atoms with van der Waals surface area (Å²) in [7, 11) is 0. The number of nitrogens with zero attached hydrogens (tertiary/aromatic N) is 1. The van der Waals surface area contributed by atoms with Crippen LogP contribution in [0.25, 0.3) is 0 Å². The summed E-state index contributed by atoms with van der Waals surface area (Å²) in [6.07, 6.45) is 9.82. The molecule has 1 fully saturated rings. The van der Waals surface area contributed by atoms with Crippen LogP contribution < -0.4 is 5.32 Å². The predicted molar refractivity (Wildman–Crippen MR) is 74.2 cm³/mol. The van der Waals surface area contributed by atoms with Crippen LogP contribution in [0.3, 0.4) is 0 Å². The molecule has 1 aliphatic carbocycles. The average molecular weight is 276 g/mol. The molecule has 1 aromatic heterocycles. The van der Waals surface area contributed by atoms with Crippen LogP contribution in [0.5, 0.6) is 0 Å². The molecule has 0 saturated heterocycles. The lowest BCUT2D eigenvalue weighted by molar-refractivity contribution is -0.125. The van der Waals surface area contributed by atoms with E-state index in [1.54, 1.807) is 18.3 Å². The first kappa shape index (κ1) is 14.5. The summed E-state index contributed by atoms with van der Waals surface area (Å²) in [6.45, 7) is -0.232. The number of rotatable bonds is 4. The number of ether oxygens (including phenoxy) is 1. The largest absolute Gasteiger partial charge is 0.452 e. The monoisotopic (exact) mass is 276 g/mol. The Labute approximate surface area is 118 Å². The zero-order chi connectivity index (χ0) is 14.2. The topological polar surface area (TPSA) is 68.3 Å². The molecule has 1 amide bonds. The second kappa shape index (κ2) is 7.62. The number of hydrogen-bond acceptors (Lipinski definition) is 4. The highest BCUT2D eigenvalue weighted by Crippen LogP contribution is 2.17. The minimum atomic E-state index is -0.519. The van der Waals surface area contributed by atoms with E-state index in [0.29, 0.717) is 5.56 Å². The summed E-state index contributed by atoms with van der Waals surface area (Å²) >= 11 is 0. The molecule has 1 N–H and O–H groups in total. The van der Waals surface area contributed by atoms with Crippen molar-refractivity contribution in [3.05, 3.63) is 30.1 Å². The van der Waals surface area contributed by atoms with Crippen molar-refractivity contribution in [3.8, 4) is 0 Å². The smallest absolute Gasteiger partial charge is 0.340 e. The van der Waals surface area contributed by atoms with Crippen LogP contribution in [0, 0.1) is 0 Å². The second-order valence-electron chi connectivity index (χ2n) is 5.07. The van der Waals surface area contributed by atoms with Crippen LogP contribution in [0.15, 0.2) is 24.5 Å². The number of hydrogen-bond donors (Lipinski definition) is 1. The van der Waals surface area contributed by atoms with E-state index in [4.69, 9.17) is 4.74 Å². The third-order valence-electron chi connectivity index (χ3n) is 3.45. The summed E-state index contributed by atoms with van der Waals surface area (Å²) in [5.74, 6) is -0.747. The lowest BCUT2D eigenvalue weighted by atomic mass is 10.1. The van der Waals surface area contributed by atoms with Crippen molar-refractivity contribution in [1.82, 2.24) is 10.3 Å². The maximum absolute atomic E-state index is 11.8. The molecule has 5 heteroatoms. The molecular formula is C15H20N2O3. The average Bonchev–Trinajstić information content (AvgIpc) is 2.74. The van der Waals surface area contributed by atoms with Gasteiger partial charge in [-0.3, -0.25) is 9.78 Å². The fraction of sp³-hybridized carbons (Fsp3) is 0.533. The zero-order valence-corrected chi connectivity index (χ0v) is 11.5. The lowest BCUT2D eigenvalue weighted by Crippen LogP contribution is -2.37. The van der Waals surface area contributed by atoms with Crippen LogP contribution in [-0.2, 0) is 9.53 Å². The van der Waals surface area contributed by atoms with Gasteiger partial charge in [-0.15, -0.1) is 0 Å². The number of esters is 1. The van der Waals surface area contributed by atoms with E-state index in [0.717, 1.165) is 25.7 Å². The molecule has 0 aliphatic heterocycles. The molecule has 0 radical (unpaired) electrons. The highest BCUT2D eigenvalue weighted by Gasteiger charge is 2.16. The Balaban J connectivity index is 1.73. The Hall–Kier alpha value is -1.91. The summed E-state index contributed by atoms with van der Waals surface area (Å²) < 4.78 is 4.97. The summed E-state index contributed by atoms with van der Waals surface area (Å²) in [4.78, 5) is 27.2. The normalized spacial score (nSPS) is 16.2. The van der Waals surface area contributed by atoms with Gasteiger partial charge < -0.3 is 10.1 Å². The highest BCUT2D eigenvalue weighted by atomic mass is 16.5. The fourth-order valence-electron chi connectivity index (χ4n) is 2.39. The maximum atomic E-state index is 11.8.